The Morgan fingerprint density at radius 1 is 1.17 bits per heavy atom. The van der Waals surface area contributed by atoms with Gasteiger partial charge in [0.15, 0.2) is 5.82 Å². The first-order valence-electron chi connectivity index (χ1n) is 6.60. The lowest BCUT2D eigenvalue weighted by Gasteiger charge is -2.20. The Morgan fingerprint density at radius 2 is 2.06 bits per heavy atom. The van der Waals surface area contributed by atoms with Crippen LogP contribution in [-0.4, -0.2) is 21.7 Å². The number of nitrogens with one attached hydrogen (secondary N) is 2. The van der Waals surface area contributed by atoms with Crippen molar-refractivity contribution < 1.29 is 0 Å². The minimum absolute atomic E-state index is 0.333. The number of aromatic nitrogens is 3. The maximum Gasteiger partial charge on any atom is 0.167 e. The van der Waals surface area contributed by atoms with E-state index in [1.54, 1.807) is 0 Å². The fraction of sp³-hybridized carbons (Fsp3) is 0.429. The van der Waals surface area contributed by atoms with Gasteiger partial charge in [0, 0.05) is 6.42 Å². The molecule has 0 aliphatic carbocycles. The van der Waals surface area contributed by atoms with E-state index >= 15 is 0 Å². The highest BCUT2D eigenvalue weighted by Gasteiger charge is 2.18. The van der Waals surface area contributed by atoms with E-state index in [0.717, 1.165) is 31.0 Å². The van der Waals surface area contributed by atoms with Crippen molar-refractivity contribution in [1.29, 1.82) is 0 Å². The molecule has 0 amide bonds. The number of hydrogen-bond acceptors (Lipinski definition) is 3. The second-order valence-corrected chi connectivity index (χ2v) is 4.81. The lowest BCUT2D eigenvalue weighted by atomic mass is 10.0. The fourth-order valence-corrected chi connectivity index (χ4v) is 2.41. The van der Waals surface area contributed by atoms with E-state index in [1.807, 2.05) is 6.07 Å². The van der Waals surface area contributed by atoms with Crippen LogP contribution < -0.4 is 5.32 Å². The molecule has 0 spiro atoms. The molecule has 1 atom stereocenters. The standard InChI is InChI=1S/C14H18N4/c1-2-6-11(7-3-1)10-13-16-14(18-17-13)12-8-4-5-9-15-12/h1-3,6-7,12,15H,4-5,8-10H2,(H,16,17,18). The summed E-state index contributed by atoms with van der Waals surface area (Å²) < 4.78 is 0. The van der Waals surface area contributed by atoms with Crippen LogP contribution in [-0.2, 0) is 6.42 Å². The maximum absolute atomic E-state index is 4.60. The third kappa shape index (κ3) is 2.59. The predicted molar refractivity (Wildman–Crippen MR) is 70.2 cm³/mol. The van der Waals surface area contributed by atoms with Gasteiger partial charge in [-0.25, -0.2) is 4.98 Å². The molecule has 4 heteroatoms. The van der Waals surface area contributed by atoms with Gasteiger partial charge in [-0.05, 0) is 24.9 Å². The summed E-state index contributed by atoms with van der Waals surface area (Å²) in [7, 11) is 0. The van der Waals surface area contributed by atoms with Crippen molar-refractivity contribution >= 4 is 0 Å². The summed E-state index contributed by atoms with van der Waals surface area (Å²) in [6, 6.07) is 10.7. The molecule has 4 nitrogen and oxygen atoms in total. The molecule has 94 valence electrons. The summed E-state index contributed by atoms with van der Waals surface area (Å²) in [4.78, 5) is 4.60. The SMILES string of the molecule is c1ccc(Cc2nc(C3CCCCN3)n[nH]2)cc1. The van der Waals surface area contributed by atoms with Gasteiger partial charge in [0.1, 0.15) is 5.82 Å². The molecule has 0 bridgehead atoms. The third-order valence-electron chi connectivity index (χ3n) is 3.39. The maximum atomic E-state index is 4.60. The number of hydrogen-bond donors (Lipinski definition) is 2. The van der Waals surface area contributed by atoms with Crippen LogP contribution in [0.5, 0.6) is 0 Å². The van der Waals surface area contributed by atoms with E-state index < -0.39 is 0 Å². The molecule has 3 rings (SSSR count). The van der Waals surface area contributed by atoms with Gasteiger partial charge in [-0.3, -0.25) is 5.10 Å². The molecular weight excluding hydrogens is 224 g/mol. The number of rotatable bonds is 3. The number of piperidine rings is 1. The molecule has 1 aliphatic heterocycles. The molecule has 1 aromatic heterocycles. The monoisotopic (exact) mass is 242 g/mol. The van der Waals surface area contributed by atoms with Crippen molar-refractivity contribution in [2.75, 3.05) is 6.54 Å². The first-order chi connectivity index (χ1) is 8.92. The van der Waals surface area contributed by atoms with Gasteiger partial charge in [0.25, 0.3) is 0 Å². The minimum atomic E-state index is 0.333. The molecular formula is C14H18N4. The Bertz CT molecular complexity index is 486. The zero-order valence-electron chi connectivity index (χ0n) is 10.4. The van der Waals surface area contributed by atoms with Gasteiger partial charge < -0.3 is 5.32 Å². The van der Waals surface area contributed by atoms with Crippen LogP contribution in [0.15, 0.2) is 30.3 Å². The van der Waals surface area contributed by atoms with E-state index in [2.05, 4.69) is 44.8 Å². The second kappa shape index (κ2) is 5.31. The zero-order chi connectivity index (χ0) is 12.2. The molecule has 1 saturated heterocycles. The molecule has 0 radical (unpaired) electrons. The van der Waals surface area contributed by atoms with Gasteiger partial charge in [-0.15, -0.1) is 0 Å². The molecule has 18 heavy (non-hydrogen) atoms. The Labute approximate surface area is 107 Å². The summed E-state index contributed by atoms with van der Waals surface area (Å²) in [5, 5.41) is 10.9. The van der Waals surface area contributed by atoms with E-state index in [4.69, 9.17) is 0 Å². The van der Waals surface area contributed by atoms with Crippen molar-refractivity contribution in [1.82, 2.24) is 20.5 Å². The van der Waals surface area contributed by atoms with Crippen LogP contribution in [0.2, 0.25) is 0 Å². The van der Waals surface area contributed by atoms with Crippen LogP contribution in [0.1, 0.15) is 42.5 Å². The molecule has 1 aliphatic rings. The number of aromatic amines is 1. The zero-order valence-corrected chi connectivity index (χ0v) is 10.4. The van der Waals surface area contributed by atoms with Crippen LogP contribution >= 0.6 is 0 Å². The highest BCUT2D eigenvalue weighted by molar-refractivity contribution is 5.18. The van der Waals surface area contributed by atoms with Gasteiger partial charge in [0.2, 0.25) is 0 Å². The summed E-state index contributed by atoms with van der Waals surface area (Å²) >= 11 is 0. The lowest BCUT2D eigenvalue weighted by Crippen LogP contribution is -2.27. The van der Waals surface area contributed by atoms with E-state index in [-0.39, 0.29) is 0 Å². The van der Waals surface area contributed by atoms with Crippen LogP contribution in [0.25, 0.3) is 0 Å². The van der Waals surface area contributed by atoms with Crippen LogP contribution in [0, 0.1) is 0 Å². The smallest absolute Gasteiger partial charge is 0.167 e. The van der Waals surface area contributed by atoms with Gasteiger partial charge in [0.05, 0.1) is 6.04 Å². The van der Waals surface area contributed by atoms with E-state index in [1.165, 1.54) is 18.4 Å². The Hall–Kier alpha value is -1.68. The second-order valence-electron chi connectivity index (χ2n) is 4.81. The van der Waals surface area contributed by atoms with Crippen LogP contribution in [0.3, 0.4) is 0 Å². The largest absolute Gasteiger partial charge is 0.307 e. The van der Waals surface area contributed by atoms with Crippen molar-refractivity contribution in [3.05, 3.63) is 47.5 Å². The summed E-state index contributed by atoms with van der Waals surface area (Å²) in [5.74, 6) is 1.87. The van der Waals surface area contributed by atoms with E-state index in [9.17, 15) is 0 Å². The average molecular weight is 242 g/mol. The Balaban J connectivity index is 1.69. The number of benzene rings is 1. The summed E-state index contributed by atoms with van der Waals surface area (Å²) in [6.07, 6.45) is 4.49. The summed E-state index contributed by atoms with van der Waals surface area (Å²) in [6.45, 7) is 1.08. The predicted octanol–water partition coefficient (Wildman–Crippen LogP) is 2.21. The van der Waals surface area contributed by atoms with E-state index in [0.29, 0.717) is 6.04 Å². The van der Waals surface area contributed by atoms with Crippen molar-refractivity contribution in [3.63, 3.8) is 0 Å². The normalized spacial score (nSPS) is 19.9. The summed E-state index contributed by atoms with van der Waals surface area (Å²) in [5.41, 5.74) is 1.26. The van der Waals surface area contributed by atoms with Crippen molar-refractivity contribution in [3.8, 4) is 0 Å². The molecule has 1 unspecified atom stereocenters. The first-order valence-corrected chi connectivity index (χ1v) is 6.60. The minimum Gasteiger partial charge on any atom is -0.307 e. The van der Waals surface area contributed by atoms with Crippen molar-refractivity contribution in [2.45, 2.75) is 31.7 Å². The quantitative estimate of drug-likeness (QED) is 0.867. The molecule has 1 fully saturated rings. The molecule has 1 aromatic carbocycles. The number of H-pyrrole nitrogens is 1. The highest BCUT2D eigenvalue weighted by Crippen LogP contribution is 2.19. The van der Waals surface area contributed by atoms with Crippen molar-refractivity contribution in [2.24, 2.45) is 0 Å². The molecule has 2 N–H and O–H groups in total. The topological polar surface area (TPSA) is 53.6 Å². The first kappa shape index (κ1) is 11.4. The molecule has 2 heterocycles. The highest BCUT2D eigenvalue weighted by atomic mass is 15.2. The molecule has 0 saturated carbocycles. The Morgan fingerprint density at radius 3 is 2.83 bits per heavy atom. The number of nitrogens with zero attached hydrogens (tertiary/aromatic N) is 2. The average Bonchev–Trinajstić information content (AvgIpc) is 2.89. The van der Waals surface area contributed by atoms with Gasteiger partial charge >= 0.3 is 0 Å². The van der Waals surface area contributed by atoms with Gasteiger partial charge in [-0.1, -0.05) is 36.8 Å². The van der Waals surface area contributed by atoms with Crippen LogP contribution in [0.4, 0.5) is 0 Å². The molecule has 2 aromatic rings. The fourth-order valence-electron chi connectivity index (χ4n) is 2.41. The Kier molecular flexibility index (Phi) is 3.37. The van der Waals surface area contributed by atoms with Gasteiger partial charge in [-0.2, -0.15) is 5.10 Å². The lowest BCUT2D eigenvalue weighted by molar-refractivity contribution is 0.398. The third-order valence-corrected chi connectivity index (χ3v) is 3.39.